The summed E-state index contributed by atoms with van der Waals surface area (Å²) in [5.41, 5.74) is 0.902. The Hall–Kier alpha value is -1.20. The lowest BCUT2D eigenvalue weighted by Crippen LogP contribution is -2.26. The fourth-order valence-electron chi connectivity index (χ4n) is 3.05. The van der Waals surface area contributed by atoms with Gasteiger partial charge < -0.3 is 14.2 Å². The van der Waals surface area contributed by atoms with Crippen molar-refractivity contribution in [1.82, 2.24) is 0 Å². The molecule has 1 fully saturated rings. The molecular formula is C18H28O5. The average molecular weight is 324 g/mol. The third kappa shape index (κ3) is 6.43. The molecule has 130 valence electrons. The van der Waals surface area contributed by atoms with Gasteiger partial charge in [0.05, 0.1) is 13.2 Å². The molecule has 5 nitrogen and oxygen atoms in total. The Morgan fingerprint density at radius 1 is 1.26 bits per heavy atom. The van der Waals surface area contributed by atoms with E-state index in [1.807, 2.05) is 6.08 Å². The van der Waals surface area contributed by atoms with Crippen LogP contribution in [0.3, 0.4) is 0 Å². The van der Waals surface area contributed by atoms with Gasteiger partial charge in [-0.25, -0.2) is 0 Å². The van der Waals surface area contributed by atoms with Crippen molar-refractivity contribution >= 4 is 11.8 Å². The minimum atomic E-state index is -0.149. The van der Waals surface area contributed by atoms with Crippen molar-refractivity contribution in [2.45, 2.75) is 76.6 Å². The van der Waals surface area contributed by atoms with Gasteiger partial charge >= 0.3 is 5.97 Å². The Morgan fingerprint density at radius 2 is 2.09 bits per heavy atom. The molecule has 0 saturated carbocycles. The molecule has 1 heterocycles. The number of carbonyl (C=O) groups excluding carboxylic acids is 2. The Kier molecular flexibility index (Phi) is 7.76. The van der Waals surface area contributed by atoms with Gasteiger partial charge in [0.2, 0.25) is 0 Å². The number of Topliss-reactive ketones (excluding diaryl/α,β-unsaturated/α-hetero) is 1. The van der Waals surface area contributed by atoms with E-state index in [-0.39, 0.29) is 24.1 Å². The van der Waals surface area contributed by atoms with Crippen molar-refractivity contribution in [3.63, 3.8) is 0 Å². The van der Waals surface area contributed by atoms with Gasteiger partial charge in [-0.2, -0.15) is 0 Å². The first-order chi connectivity index (χ1) is 11.2. The molecule has 2 rings (SSSR count). The zero-order valence-corrected chi connectivity index (χ0v) is 14.1. The van der Waals surface area contributed by atoms with Gasteiger partial charge in [-0.1, -0.05) is 12.8 Å². The summed E-state index contributed by atoms with van der Waals surface area (Å²) < 4.78 is 16.0. The SMILES string of the molecule is COC(=O)CCCCCCC1=C[C@@H](OC2CCCCO2)CC1=O. The van der Waals surface area contributed by atoms with E-state index in [4.69, 9.17) is 9.47 Å². The van der Waals surface area contributed by atoms with Crippen LogP contribution in [0.2, 0.25) is 0 Å². The lowest BCUT2D eigenvalue weighted by molar-refractivity contribution is -0.178. The van der Waals surface area contributed by atoms with Crippen molar-refractivity contribution in [2.24, 2.45) is 0 Å². The van der Waals surface area contributed by atoms with Crippen molar-refractivity contribution in [1.29, 1.82) is 0 Å². The van der Waals surface area contributed by atoms with Crippen LogP contribution in [0, 0.1) is 0 Å². The highest BCUT2D eigenvalue weighted by molar-refractivity contribution is 5.98. The van der Waals surface area contributed by atoms with Crippen molar-refractivity contribution in [3.8, 4) is 0 Å². The Morgan fingerprint density at radius 3 is 2.83 bits per heavy atom. The number of methoxy groups -OCH3 is 1. The lowest BCUT2D eigenvalue weighted by Gasteiger charge is -2.24. The normalized spacial score (nSPS) is 24.6. The molecule has 1 saturated heterocycles. The van der Waals surface area contributed by atoms with E-state index in [9.17, 15) is 9.59 Å². The number of hydrogen-bond acceptors (Lipinski definition) is 5. The largest absolute Gasteiger partial charge is 0.469 e. The predicted octanol–water partition coefficient (Wildman–Crippen LogP) is 3.31. The molecule has 0 amide bonds. The molecule has 1 aliphatic carbocycles. The Labute approximate surface area is 138 Å². The molecule has 0 spiro atoms. The number of hydrogen-bond donors (Lipinski definition) is 0. The first kappa shape index (κ1) is 18.1. The highest BCUT2D eigenvalue weighted by Gasteiger charge is 2.27. The van der Waals surface area contributed by atoms with Crippen LogP contribution in [0.25, 0.3) is 0 Å². The van der Waals surface area contributed by atoms with E-state index in [0.29, 0.717) is 12.8 Å². The second-order valence-corrected chi connectivity index (χ2v) is 6.28. The maximum Gasteiger partial charge on any atom is 0.305 e. The van der Waals surface area contributed by atoms with Gasteiger partial charge in [0.15, 0.2) is 12.1 Å². The van der Waals surface area contributed by atoms with Crippen molar-refractivity contribution < 1.29 is 23.8 Å². The molecule has 5 heteroatoms. The first-order valence-electron chi connectivity index (χ1n) is 8.77. The number of carbonyl (C=O) groups is 2. The van der Waals surface area contributed by atoms with Crippen molar-refractivity contribution in [3.05, 3.63) is 11.6 Å². The summed E-state index contributed by atoms with van der Waals surface area (Å²) in [6.07, 6.45) is 10.5. The number of ether oxygens (including phenoxy) is 3. The van der Waals surface area contributed by atoms with E-state index in [0.717, 1.165) is 63.5 Å². The monoisotopic (exact) mass is 324 g/mol. The molecule has 0 aromatic rings. The smallest absolute Gasteiger partial charge is 0.305 e. The van der Waals surface area contributed by atoms with Crippen LogP contribution >= 0.6 is 0 Å². The summed E-state index contributed by atoms with van der Waals surface area (Å²) in [7, 11) is 1.41. The molecule has 1 aliphatic heterocycles. The second kappa shape index (κ2) is 9.83. The maximum absolute atomic E-state index is 12.0. The molecule has 1 unspecified atom stereocenters. The highest BCUT2D eigenvalue weighted by Crippen LogP contribution is 2.25. The summed E-state index contributed by atoms with van der Waals surface area (Å²) in [5, 5.41) is 0. The van der Waals surface area contributed by atoms with Gasteiger partial charge in [-0.15, -0.1) is 0 Å². The average Bonchev–Trinajstić information content (AvgIpc) is 2.91. The molecule has 0 aromatic heterocycles. The van der Waals surface area contributed by atoms with Crippen LogP contribution in [-0.4, -0.2) is 37.9 Å². The zero-order valence-electron chi connectivity index (χ0n) is 14.1. The van der Waals surface area contributed by atoms with E-state index in [2.05, 4.69) is 4.74 Å². The topological polar surface area (TPSA) is 61.8 Å². The maximum atomic E-state index is 12.0. The van der Waals surface area contributed by atoms with Gasteiger partial charge in [-0.3, -0.25) is 9.59 Å². The third-order valence-electron chi connectivity index (χ3n) is 4.40. The quantitative estimate of drug-likeness (QED) is 0.481. The second-order valence-electron chi connectivity index (χ2n) is 6.28. The Bertz CT molecular complexity index is 423. The van der Waals surface area contributed by atoms with Crippen LogP contribution in [0.15, 0.2) is 11.6 Å². The van der Waals surface area contributed by atoms with Gasteiger partial charge in [0, 0.05) is 19.4 Å². The highest BCUT2D eigenvalue weighted by atomic mass is 16.7. The molecule has 0 radical (unpaired) electrons. The summed E-state index contributed by atoms with van der Waals surface area (Å²) in [4.78, 5) is 23.0. The van der Waals surface area contributed by atoms with Crippen LogP contribution in [0.1, 0.15) is 64.2 Å². The van der Waals surface area contributed by atoms with Gasteiger partial charge in [0.25, 0.3) is 0 Å². The summed E-state index contributed by atoms with van der Waals surface area (Å²) in [5.74, 6) is 0.0592. The third-order valence-corrected chi connectivity index (χ3v) is 4.40. The van der Waals surface area contributed by atoms with E-state index >= 15 is 0 Å². The standard InChI is InChI=1S/C18H28O5/c1-21-17(20)9-5-3-2-4-8-14-12-15(13-16(14)19)23-18-10-6-7-11-22-18/h12,15,18H,2-11,13H2,1H3/t15-,18?/m1/s1. The summed E-state index contributed by atoms with van der Waals surface area (Å²) in [6, 6.07) is 0. The van der Waals surface area contributed by atoms with Crippen LogP contribution < -0.4 is 0 Å². The predicted molar refractivity (Wildman–Crippen MR) is 85.9 cm³/mol. The van der Waals surface area contributed by atoms with Crippen LogP contribution in [0.5, 0.6) is 0 Å². The number of ketones is 1. The Balaban J connectivity index is 1.61. The number of unbranched alkanes of at least 4 members (excludes halogenated alkanes) is 3. The molecule has 0 N–H and O–H groups in total. The summed E-state index contributed by atoms with van der Waals surface area (Å²) in [6.45, 7) is 0.757. The zero-order chi connectivity index (χ0) is 16.5. The fraction of sp³-hybridized carbons (Fsp3) is 0.778. The van der Waals surface area contributed by atoms with Crippen LogP contribution in [0.4, 0.5) is 0 Å². The molecule has 0 bridgehead atoms. The number of esters is 1. The fourth-order valence-corrected chi connectivity index (χ4v) is 3.05. The van der Waals surface area contributed by atoms with Gasteiger partial charge in [0.1, 0.15) is 0 Å². The van der Waals surface area contributed by atoms with Crippen molar-refractivity contribution in [2.75, 3.05) is 13.7 Å². The minimum absolute atomic E-state index is 0.111. The minimum Gasteiger partial charge on any atom is -0.469 e. The lowest BCUT2D eigenvalue weighted by atomic mass is 10.0. The first-order valence-corrected chi connectivity index (χ1v) is 8.77. The molecule has 0 aromatic carbocycles. The molecular weight excluding hydrogens is 296 g/mol. The molecule has 2 aliphatic rings. The number of allylic oxidation sites excluding steroid dienone is 1. The van der Waals surface area contributed by atoms with E-state index in [1.54, 1.807) is 0 Å². The van der Waals surface area contributed by atoms with E-state index in [1.165, 1.54) is 7.11 Å². The number of rotatable bonds is 9. The molecule has 2 atom stereocenters. The molecule has 23 heavy (non-hydrogen) atoms. The van der Waals surface area contributed by atoms with E-state index < -0.39 is 0 Å². The summed E-state index contributed by atoms with van der Waals surface area (Å²) >= 11 is 0. The van der Waals surface area contributed by atoms with Crippen LogP contribution in [-0.2, 0) is 23.8 Å². The van der Waals surface area contributed by atoms with Gasteiger partial charge in [-0.05, 0) is 50.2 Å².